The molecule has 0 spiro atoms. The van der Waals surface area contributed by atoms with Gasteiger partial charge in [0.15, 0.2) is 0 Å². The van der Waals surface area contributed by atoms with Crippen LogP contribution >= 0.6 is 11.5 Å². The molecule has 50 valence electrons. The summed E-state index contributed by atoms with van der Waals surface area (Å²) < 4.78 is 5.26. The Balaban J connectivity index is 2.95. The zero-order valence-electron chi connectivity index (χ0n) is 5.53. The van der Waals surface area contributed by atoms with Crippen LogP contribution in [0.4, 0.5) is 0 Å². The van der Waals surface area contributed by atoms with E-state index in [4.69, 9.17) is 0 Å². The van der Waals surface area contributed by atoms with Crippen LogP contribution in [-0.4, -0.2) is 9.36 Å². The van der Waals surface area contributed by atoms with Crippen molar-refractivity contribution in [2.45, 2.75) is 6.92 Å². The van der Waals surface area contributed by atoms with Crippen LogP contribution in [0.2, 0.25) is 0 Å². The lowest BCUT2D eigenvalue weighted by atomic mass is 10.3. The summed E-state index contributed by atoms with van der Waals surface area (Å²) in [7, 11) is 0. The van der Waals surface area contributed by atoms with Crippen molar-refractivity contribution in [2.75, 3.05) is 0 Å². The number of pyridine rings is 1. The normalized spacial score (nSPS) is 10.5. The van der Waals surface area contributed by atoms with Crippen LogP contribution in [-0.2, 0) is 0 Å². The molecular formula is C7H6N2S. The predicted molar refractivity (Wildman–Crippen MR) is 42.2 cm³/mol. The molecule has 0 saturated carbocycles. The van der Waals surface area contributed by atoms with E-state index in [-0.39, 0.29) is 0 Å². The van der Waals surface area contributed by atoms with E-state index in [1.165, 1.54) is 21.6 Å². The molecule has 2 aromatic heterocycles. The van der Waals surface area contributed by atoms with Crippen molar-refractivity contribution >= 4 is 21.6 Å². The summed E-state index contributed by atoms with van der Waals surface area (Å²) in [5.74, 6) is 0. The fourth-order valence-corrected chi connectivity index (χ4v) is 1.61. The van der Waals surface area contributed by atoms with Gasteiger partial charge in [0.2, 0.25) is 0 Å². The van der Waals surface area contributed by atoms with Crippen molar-refractivity contribution in [3.05, 3.63) is 24.2 Å². The molecule has 2 nitrogen and oxygen atoms in total. The van der Waals surface area contributed by atoms with Gasteiger partial charge in [0.25, 0.3) is 0 Å². The molecule has 0 aliphatic rings. The molecule has 0 aromatic carbocycles. The lowest BCUT2D eigenvalue weighted by Crippen LogP contribution is -1.76. The molecule has 0 unspecified atom stereocenters. The Morgan fingerprint density at radius 1 is 1.50 bits per heavy atom. The Bertz CT molecular complexity index is 353. The smallest absolute Gasteiger partial charge is 0.0762 e. The lowest BCUT2D eigenvalue weighted by molar-refractivity contribution is 1.24. The number of aromatic nitrogens is 2. The van der Waals surface area contributed by atoms with Crippen LogP contribution in [0.5, 0.6) is 0 Å². The van der Waals surface area contributed by atoms with E-state index in [2.05, 4.69) is 9.36 Å². The summed E-state index contributed by atoms with van der Waals surface area (Å²) in [6, 6.07) is 1.98. The lowest BCUT2D eigenvalue weighted by Gasteiger charge is -1.89. The van der Waals surface area contributed by atoms with Gasteiger partial charge in [-0.2, -0.15) is 4.37 Å². The molecule has 0 aliphatic carbocycles. The monoisotopic (exact) mass is 150 g/mol. The molecule has 0 radical (unpaired) electrons. The molecule has 0 saturated heterocycles. The van der Waals surface area contributed by atoms with Crippen molar-refractivity contribution in [2.24, 2.45) is 0 Å². The minimum Gasteiger partial charge on any atom is -0.260 e. The number of hydrogen-bond donors (Lipinski definition) is 0. The van der Waals surface area contributed by atoms with Crippen molar-refractivity contribution in [3.8, 4) is 0 Å². The van der Waals surface area contributed by atoms with Gasteiger partial charge in [0.1, 0.15) is 0 Å². The van der Waals surface area contributed by atoms with Crippen molar-refractivity contribution in [1.29, 1.82) is 0 Å². The Hall–Kier alpha value is -0.960. The van der Waals surface area contributed by atoms with Gasteiger partial charge in [-0.1, -0.05) is 0 Å². The standard InChI is InChI=1S/C7H6N2S/c1-5-7-6(2-3-8-5)4-9-10-7/h2-4H,1H3. The molecule has 2 rings (SSSR count). The first-order valence-corrected chi connectivity index (χ1v) is 3.81. The number of aryl methyl sites for hydroxylation is 1. The summed E-state index contributed by atoms with van der Waals surface area (Å²) >= 11 is 1.50. The zero-order chi connectivity index (χ0) is 6.97. The molecule has 0 aliphatic heterocycles. The van der Waals surface area contributed by atoms with Crippen molar-refractivity contribution < 1.29 is 0 Å². The molecule has 0 N–H and O–H groups in total. The molecule has 0 bridgehead atoms. The number of rotatable bonds is 0. The molecule has 2 heterocycles. The van der Waals surface area contributed by atoms with Gasteiger partial charge in [-0.3, -0.25) is 4.98 Å². The van der Waals surface area contributed by atoms with E-state index >= 15 is 0 Å². The summed E-state index contributed by atoms with van der Waals surface area (Å²) in [6.45, 7) is 2.00. The van der Waals surface area contributed by atoms with Gasteiger partial charge >= 0.3 is 0 Å². The van der Waals surface area contributed by atoms with Crippen molar-refractivity contribution in [3.63, 3.8) is 0 Å². The molecule has 0 amide bonds. The highest BCUT2D eigenvalue weighted by Crippen LogP contribution is 2.18. The van der Waals surface area contributed by atoms with Gasteiger partial charge in [-0.15, -0.1) is 0 Å². The van der Waals surface area contributed by atoms with Gasteiger partial charge in [0.05, 0.1) is 10.4 Å². The third-order valence-corrected chi connectivity index (χ3v) is 2.37. The van der Waals surface area contributed by atoms with E-state index < -0.39 is 0 Å². The third kappa shape index (κ3) is 0.708. The van der Waals surface area contributed by atoms with Crippen LogP contribution < -0.4 is 0 Å². The molecule has 3 heteroatoms. The molecule has 0 atom stereocenters. The Morgan fingerprint density at radius 2 is 2.40 bits per heavy atom. The minimum absolute atomic E-state index is 1.07. The fourth-order valence-electron chi connectivity index (χ4n) is 0.929. The van der Waals surface area contributed by atoms with Gasteiger partial charge in [0, 0.05) is 17.8 Å². The first kappa shape index (κ1) is 5.80. The van der Waals surface area contributed by atoms with E-state index in [1.807, 2.05) is 25.4 Å². The van der Waals surface area contributed by atoms with Crippen LogP contribution in [0.3, 0.4) is 0 Å². The molecule has 0 fully saturated rings. The summed E-state index contributed by atoms with van der Waals surface area (Å²) in [4.78, 5) is 4.15. The number of fused-ring (bicyclic) bond motifs is 1. The number of hydrogen-bond acceptors (Lipinski definition) is 3. The maximum Gasteiger partial charge on any atom is 0.0762 e. The van der Waals surface area contributed by atoms with E-state index in [1.54, 1.807) is 0 Å². The predicted octanol–water partition coefficient (Wildman–Crippen LogP) is 2.00. The number of nitrogens with zero attached hydrogens (tertiary/aromatic N) is 2. The molecule has 10 heavy (non-hydrogen) atoms. The highest BCUT2D eigenvalue weighted by atomic mass is 32.1. The second kappa shape index (κ2) is 2.02. The molecular weight excluding hydrogens is 144 g/mol. The highest BCUT2D eigenvalue weighted by Gasteiger charge is 1.97. The SMILES string of the molecule is Cc1nccc2cnsc12. The quantitative estimate of drug-likeness (QED) is 0.574. The largest absolute Gasteiger partial charge is 0.260 e. The van der Waals surface area contributed by atoms with E-state index in [9.17, 15) is 0 Å². The van der Waals surface area contributed by atoms with Crippen molar-refractivity contribution in [1.82, 2.24) is 9.36 Å². The summed E-state index contributed by atoms with van der Waals surface area (Å²) in [6.07, 6.45) is 3.68. The van der Waals surface area contributed by atoms with E-state index in [0.717, 1.165) is 5.69 Å². The van der Waals surface area contributed by atoms with Crippen LogP contribution in [0.25, 0.3) is 10.1 Å². The Morgan fingerprint density at radius 3 is 3.20 bits per heavy atom. The maximum atomic E-state index is 4.15. The third-order valence-electron chi connectivity index (χ3n) is 1.45. The fraction of sp³-hybridized carbons (Fsp3) is 0.143. The maximum absolute atomic E-state index is 4.15. The van der Waals surface area contributed by atoms with E-state index in [0.29, 0.717) is 0 Å². The van der Waals surface area contributed by atoms with Crippen LogP contribution in [0, 0.1) is 6.92 Å². The Labute approximate surface area is 62.7 Å². The van der Waals surface area contributed by atoms with Crippen LogP contribution in [0.15, 0.2) is 18.5 Å². The highest BCUT2D eigenvalue weighted by molar-refractivity contribution is 7.13. The van der Waals surface area contributed by atoms with Gasteiger partial charge in [-0.05, 0) is 24.5 Å². The second-order valence-electron chi connectivity index (χ2n) is 2.14. The summed E-state index contributed by atoms with van der Waals surface area (Å²) in [5, 5.41) is 1.19. The Kier molecular flexibility index (Phi) is 1.17. The average Bonchev–Trinajstić information content (AvgIpc) is 2.36. The average molecular weight is 150 g/mol. The summed E-state index contributed by atoms with van der Waals surface area (Å²) in [5.41, 5.74) is 1.07. The molecule has 2 aromatic rings. The first-order valence-electron chi connectivity index (χ1n) is 3.04. The van der Waals surface area contributed by atoms with Gasteiger partial charge in [-0.25, -0.2) is 0 Å². The zero-order valence-corrected chi connectivity index (χ0v) is 6.35. The minimum atomic E-state index is 1.07. The first-order chi connectivity index (χ1) is 4.88. The van der Waals surface area contributed by atoms with Gasteiger partial charge < -0.3 is 0 Å². The van der Waals surface area contributed by atoms with Crippen LogP contribution in [0.1, 0.15) is 5.69 Å². The topological polar surface area (TPSA) is 25.8 Å². The second-order valence-corrected chi connectivity index (χ2v) is 2.94.